The van der Waals surface area contributed by atoms with E-state index in [1.165, 1.54) is 0 Å². The lowest BCUT2D eigenvalue weighted by atomic mass is 9.97. The highest BCUT2D eigenvalue weighted by atomic mass is 32.2. The number of thioether (sulfide) groups is 1. The Morgan fingerprint density at radius 3 is 2.47 bits per heavy atom. The Hall–Kier alpha value is -1.43. The van der Waals surface area contributed by atoms with Crippen molar-refractivity contribution < 1.29 is 23.5 Å². The van der Waals surface area contributed by atoms with Crippen LogP contribution in [0.1, 0.15) is 27.2 Å². The van der Waals surface area contributed by atoms with Gasteiger partial charge in [-0.2, -0.15) is 0 Å². The van der Waals surface area contributed by atoms with Crippen molar-refractivity contribution in [2.45, 2.75) is 63.6 Å². The zero-order valence-electron chi connectivity index (χ0n) is 21.4. The second-order valence-electron chi connectivity index (χ2n) is 10.4. The summed E-state index contributed by atoms with van der Waals surface area (Å²) in [6, 6.07) is 0.352. The number of methoxy groups -OCH3 is 2. The van der Waals surface area contributed by atoms with Gasteiger partial charge in [0, 0.05) is 52.2 Å². The van der Waals surface area contributed by atoms with Crippen LogP contribution < -0.4 is 10.6 Å². The Kier molecular flexibility index (Phi) is 8.86. The van der Waals surface area contributed by atoms with E-state index in [2.05, 4.69) is 55.5 Å². The summed E-state index contributed by atoms with van der Waals surface area (Å²) in [5.41, 5.74) is 1.87. The van der Waals surface area contributed by atoms with E-state index in [0.29, 0.717) is 17.6 Å². The summed E-state index contributed by atoms with van der Waals surface area (Å²) in [4.78, 5) is 26.5. The van der Waals surface area contributed by atoms with Crippen LogP contribution in [-0.4, -0.2) is 83.1 Å². The minimum Gasteiger partial charge on any atom is -0.416 e. The molecule has 0 aromatic rings. The number of carbonyl (C=O) groups excluding carboxylic acids is 2. The van der Waals surface area contributed by atoms with E-state index in [1.54, 1.807) is 20.3 Å². The molecule has 2 fully saturated rings. The molecule has 0 bridgehead atoms. The normalized spacial score (nSPS) is 27.3. The molecule has 2 saturated heterocycles. The third-order valence-corrected chi connectivity index (χ3v) is 12.4. The van der Waals surface area contributed by atoms with Crippen molar-refractivity contribution in [2.24, 2.45) is 0 Å². The van der Waals surface area contributed by atoms with Crippen molar-refractivity contribution in [2.75, 3.05) is 40.5 Å². The van der Waals surface area contributed by atoms with Crippen molar-refractivity contribution >= 4 is 31.2 Å². The molecule has 3 unspecified atom stereocenters. The van der Waals surface area contributed by atoms with Crippen LogP contribution in [0.5, 0.6) is 0 Å². The number of allylic oxidation sites excluding steroid dienone is 1. The lowest BCUT2D eigenvalue weighted by Gasteiger charge is -2.36. The fourth-order valence-corrected chi connectivity index (χ4v) is 5.73. The van der Waals surface area contributed by atoms with Crippen LogP contribution in [0.3, 0.4) is 0 Å². The van der Waals surface area contributed by atoms with Crippen LogP contribution in [0.15, 0.2) is 34.4 Å². The van der Waals surface area contributed by atoms with Crippen molar-refractivity contribution in [1.29, 1.82) is 0 Å². The summed E-state index contributed by atoms with van der Waals surface area (Å²) in [7, 11) is 1.56. The summed E-state index contributed by atoms with van der Waals surface area (Å²) in [5.74, 6) is -0.360. The van der Waals surface area contributed by atoms with E-state index in [4.69, 9.17) is 13.9 Å². The van der Waals surface area contributed by atoms with Gasteiger partial charge in [0.25, 0.3) is 11.1 Å². The number of ether oxygens (including phenoxy) is 2. The minimum atomic E-state index is -1.74. The zero-order chi connectivity index (χ0) is 25.1. The third kappa shape index (κ3) is 6.41. The second-order valence-corrected chi connectivity index (χ2v) is 16.2. The zero-order valence-corrected chi connectivity index (χ0v) is 23.2. The van der Waals surface area contributed by atoms with Gasteiger partial charge in [0.2, 0.25) is 0 Å². The number of imide groups is 1. The number of nitrogens with one attached hydrogen (secondary N) is 2. The first kappa shape index (κ1) is 27.2. The maximum absolute atomic E-state index is 12.1. The Balaban J connectivity index is 1.65. The molecule has 2 amide bonds. The van der Waals surface area contributed by atoms with E-state index in [9.17, 15) is 9.59 Å². The fourth-order valence-electron chi connectivity index (χ4n) is 4.01. The number of hydrogen-bond donors (Lipinski definition) is 2. The van der Waals surface area contributed by atoms with Gasteiger partial charge in [-0.05, 0) is 60.1 Å². The topological polar surface area (TPSA) is 89.1 Å². The molecule has 0 spiro atoms. The number of rotatable bonds is 9. The molecular weight excluding hydrogens is 470 g/mol. The molecule has 2 heterocycles. The van der Waals surface area contributed by atoms with Gasteiger partial charge in [-0.25, -0.2) is 0 Å². The molecule has 0 saturated carbocycles. The van der Waals surface area contributed by atoms with Gasteiger partial charge in [-0.15, -0.1) is 0 Å². The van der Waals surface area contributed by atoms with E-state index in [-0.39, 0.29) is 28.4 Å². The monoisotopic (exact) mass is 509 g/mol. The largest absolute Gasteiger partial charge is 0.416 e. The maximum atomic E-state index is 12.1. The quantitative estimate of drug-likeness (QED) is 0.278. The molecule has 8 nitrogen and oxygen atoms in total. The Labute approximate surface area is 208 Å². The van der Waals surface area contributed by atoms with E-state index >= 15 is 0 Å². The average molecular weight is 510 g/mol. The number of nitrogens with zero attached hydrogens (tertiary/aromatic N) is 1. The molecule has 10 heteroatoms. The van der Waals surface area contributed by atoms with E-state index < -0.39 is 8.32 Å². The second kappa shape index (κ2) is 11.1. The van der Waals surface area contributed by atoms with Crippen LogP contribution in [0, 0.1) is 0 Å². The molecule has 190 valence electrons. The molecular formula is C24H39N3O5SSi. The van der Waals surface area contributed by atoms with Gasteiger partial charge in [-0.1, -0.05) is 20.8 Å². The first-order valence-electron chi connectivity index (χ1n) is 11.8. The Morgan fingerprint density at radius 2 is 1.88 bits per heavy atom. The SMILES string of the molecule is COC1C=C(C=C2SC(=O)NC2=O)C(N2CCC(NCCO[Si](C)(C)C(C)(C)C)C2)=CC1OC. The van der Waals surface area contributed by atoms with Crippen molar-refractivity contribution in [3.63, 3.8) is 0 Å². The standard InChI is InChI=1S/C24H39N3O5SSi/c1-24(2,3)34(6,7)32-11-9-25-17-8-10-27(15-17)18-14-20(31-5)19(30-4)12-16(18)13-21-22(28)26-23(29)33-21/h12-14,17,19-20,25H,8-11,15H2,1-7H3,(H,26,28,29). The van der Waals surface area contributed by atoms with Crippen LogP contribution in [0.4, 0.5) is 4.79 Å². The highest BCUT2D eigenvalue weighted by Crippen LogP contribution is 2.36. The molecule has 0 radical (unpaired) electrons. The molecule has 2 N–H and O–H groups in total. The van der Waals surface area contributed by atoms with Crippen molar-refractivity contribution in [1.82, 2.24) is 15.5 Å². The first-order valence-corrected chi connectivity index (χ1v) is 15.5. The van der Waals surface area contributed by atoms with Crippen LogP contribution in [-0.2, 0) is 18.7 Å². The van der Waals surface area contributed by atoms with Crippen LogP contribution in [0.25, 0.3) is 0 Å². The molecule has 3 rings (SSSR count). The maximum Gasteiger partial charge on any atom is 0.290 e. The molecule has 0 aromatic heterocycles. The number of hydrogen-bond acceptors (Lipinski definition) is 8. The predicted molar refractivity (Wildman–Crippen MR) is 138 cm³/mol. The molecule has 1 aliphatic carbocycles. The van der Waals surface area contributed by atoms with Crippen LogP contribution >= 0.6 is 11.8 Å². The summed E-state index contributed by atoms with van der Waals surface area (Å²) in [6.45, 7) is 14.6. The fraction of sp³-hybridized carbons (Fsp3) is 0.667. The minimum absolute atomic E-state index is 0.207. The Bertz CT molecular complexity index is 880. The molecule has 0 aromatic carbocycles. The highest BCUT2D eigenvalue weighted by molar-refractivity contribution is 8.18. The van der Waals surface area contributed by atoms with Gasteiger partial charge in [0.05, 0.1) is 4.91 Å². The number of amides is 2. The third-order valence-electron chi connectivity index (χ3n) is 7.09. The van der Waals surface area contributed by atoms with Gasteiger partial charge >= 0.3 is 0 Å². The predicted octanol–water partition coefficient (Wildman–Crippen LogP) is 3.39. The number of likely N-dealkylation sites (tertiary alicyclic amines) is 1. The van der Waals surface area contributed by atoms with Gasteiger partial charge < -0.3 is 24.1 Å². The van der Waals surface area contributed by atoms with Crippen molar-refractivity contribution in [3.05, 3.63) is 34.4 Å². The Morgan fingerprint density at radius 1 is 1.21 bits per heavy atom. The molecule has 34 heavy (non-hydrogen) atoms. The number of carbonyl (C=O) groups is 2. The summed E-state index contributed by atoms with van der Waals surface area (Å²) >= 11 is 0.925. The van der Waals surface area contributed by atoms with Gasteiger partial charge in [-0.3, -0.25) is 14.9 Å². The lowest BCUT2D eigenvalue weighted by molar-refractivity contribution is -0.115. The highest BCUT2D eigenvalue weighted by Gasteiger charge is 2.37. The van der Waals surface area contributed by atoms with Crippen molar-refractivity contribution in [3.8, 4) is 0 Å². The lowest BCUT2D eigenvalue weighted by Crippen LogP contribution is -2.43. The molecule has 3 aliphatic rings. The van der Waals surface area contributed by atoms with Gasteiger partial charge in [0.15, 0.2) is 8.32 Å². The summed E-state index contributed by atoms with van der Waals surface area (Å²) in [5, 5.41) is 5.83. The smallest absolute Gasteiger partial charge is 0.290 e. The summed E-state index contributed by atoms with van der Waals surface area (Å²) < 4.78 is 17.5. The summed E-state index contributed by atoms with van der Waals surface area (Å²) in [6.07, 6.45) is 6.33. The molecule has 3 atom stereocenters. The molecule has 2 aliphatic heterocycles. The first-order chi connectivity index (χ1) is 15.9. The van der Waals surface area contributed by atoms with E-state index in [1.807, 2.05) is 6.08 Å². The van der Waals surface area contributed by atoms with E-state index in [0.717, 1.165) is 49.1 Å². The van der Waals surface area contributed by atoms with Gasteiger partial charge in [0.1, 0.15) is 12.2 Å². The van der Waals surface area contributed by atoms with Crippen LogP contribution in [0.2, 0.25) is 18.1 Å². The average Bonchev–Trinajstić information content (AvgIpc) is 3.35.